The van der Waals surface area contributed by atoms with E-state index in [1.54, 1.807) is 43.8 Å². The number of aliphatic hydroxyl groups is 1. The monoisotopic (exact) mass is 405 g/mol. The van der Waals surface area contributed by atoms with E-state index in [4.69, 9.17) is 10.7 Å². The highest BCUT2D eigenvalue weighted by atomic mass is 16.3. The fourth-order valence-electron chi connectivity index (χ4n) is 3.68. The molecule has 0 radical (unpaired) electrons. The van der Waals surface area contributed by atoms with Crippen LogP contribution in [0.1, 0.15) is 54.6 Å². The lowest BCUT2D eigenvalue weighted by Gasteiger charge is -2.24. The molecule has 1 aromatic carbocycles. The van der Waals surface area contributed by atoms with Crippen LogP contribution in [0.2, 0.25) is 0 Å². The molecule has 0 atom stereocenters. The van der Waals surface area contributed by atoms with Crippen molar-refractivity contribution in [2.75, 3.05) is 13.6 Å². The van der Waals surface area contributed by atoms with Crippen molar-refractivity contribution in [3.05, 3.63) is 64.8 Å². The summed E-state index contributed by atoms with van der Waals surface area (Å²) in [6, 6.07) is 12.9. The van der Waals surface area contributed by atoms with Crippen LogP contribution >= 0.6 is 0 Å². The normalized spacial score (nSPS) is 15.4. The summed E-state index contributed by atoms with van der Waals surface area (Å²) in [6.07, 6.45) is 3.75. The van der Waals surface area contributed by atoms with Gasteiger partial charge < -0.3 is 10.4 Å². The molecule has 1 amide bonds. The van der Waals surface area contributed by atoms with Crippen molar-refractivity contribution in [2.45, 2.75) is 44.1 Å². The Bertz CT molecular complexity index is 1060. The van der Waals surface area contributed by atoms with Crippen LogP contribution in [-0.4, -0.2) is 35.0 Å². The first kappa shape index (κ1) is 21.5. The SMILES string of the molecule is CN=c1c(C(C)(C)O)cccn1C(=N)C1(c2ccc(C(=O)NCCC#N)cc2)CC1. The summed E-state index contributed by atoms with van der Waals surface area (Å²) in [5, 5.41) is 30.7. The third kappa shape index (κ3) is 4.05. The molecular formula is C23H27N5O2. The van der Waals surface area contributed by atoms with E-state index in [0.717, 1.165) is 18.4 Å². The minimum absolute atomic E-state index is 0.212. The zero-order valence-corrected chi connectivity index (χ0v) is 17.6. The summed E-state index contributed by atoms with van der Waals surface area (Å²) in [5.74, 6) is 0.191. The second-order valence-corrected chi connectivity index (χ2v) is 8.07. The fourth-order valence-corrected chi connectivity index (χ4v) is 3.68. The number of pyridine rings is 1. The number of carbonyl (C=O) groups excluding carboxylic acids is 1. The zero-order valence-electron chi connectivity index (χ0n) is 17.6. The smallest absolute Gasteiger partial charge is 0.251 e. The van der Waals surface area contributed by atoms with Crippen molar-refractivity contribution >= 4 is 11.7 Å². The van der Waals surface area contributed by atoms with E-state index in [-0.39, 0.29) is 12.3 Å². The second kappa shape index (κ2) is 8.25. The molecule has 1 heterocycles. The Balaban J connectivity index is 1.90. The molecule has 3 N–H and O–H groups in total. The summed E-state index contributed by atoms with van der Waals surface area (Å²) in [7, 11) is 1.66. The van der Waals surface area contributed by atoms with Gasteiger partial charge in [0, 0.05) is 30.9 Å². The predicted octanol–water partition coefficient (Wildman–Crippen LogP) is 2.45. The minimum Gasteiger partial charge on any atom is -0.386 e. The first-order valence-electron chi connectivity index (χ1n) is 9.97. The molecule has 1 aliphatic rings. The molecular weight excluding hydrogens is 378 g/mol. The molecule has 0 spiro atoms. The quantitative estimate of drug-likeness (QED) is 0.389. The molecule has 0 aliphatic heterocycles. The van der Waals surface area contributed by atoms with Crippen LogP contribution in [0.4, 0.5) is 0 Å². The molecule has 1 aromatic heterocycles. The number of amides is 1. The number of nitrogens with zero attached hydrogens (tertiary/aromatic N) is 3. The first-order valence-corrected chi connectivity index (χ1v) is 9.97. The third-order valence-corrected chi connectivity index (χ3v) is 5.50. The average molecular weight is 406 g/mol. The van der Waals surface area contributed by atoms with E-state index in [1.807, 2.05) is 30.3 Å². The Labute approximate surface area is 176 Å². The molecule has 1 aliphatic carbocycles. The van der Waals surface area contributed by atoms with E-state index < -0.39 is 11.0 Å². The molecule has 156 valence electrons. The number of hydrogen-bond acceptors (Lipinski definition) is 5. The largest absolute Gasteiger partial charge is 0.386 e. The van der Waals surface area contributed by atoms with E-state index in [9.17, 15) is 9.90 Å². The van der Waals surface area contributed by atoms with Gasteiger partial charge in [-0.05, 0) is 50.5 Å². The van der Waals surface area contributed by atoms with Gasteiger partial charge in [-0.2, -0.15) is 5.26 Å². The van der Waals surface area contributed by atoms with Crippen LogP contribution in [0.3, 0.4) is 0 Å². The second-order valence-electron chi connectivity index (χ2n) is 8.07. The summed E-state index contributed by atoms with van der Waals surface area (Å²) in [5.41, 5.74) is 1.23. The van der Waals surface area contributed by atoms with Crippen molar-refractivity contribution in [1.29, 1.82) is 10.7 Å². The van der Waals surface area contributed by atoms with Gasteiger partial charge in [0.25, 0.3) is 5.91 Å². The molecule has 0 unspecified atom stereocenters. The zero-order chi connectivity index (χ0) is 21.9. The van der Waals surface area contributed by atoms with Crippen molar-refractivity contribution < 1.29 is 9.90 Å². The maximum atomic E-state index is 12.2. The molecule has 7 nitrogen and oxygen atoms in total. The lowest BCUT2D eigenvalue weighted by Crippen LogP contribution is -2.39. The molecule has 7 heteroatoms. The Hall–Kier alpha value is -3.24. The standard InChI is InChI=1S/C23H27N5O2/c1-22(2,30)18-6-4-15-28(19(18)26-3)21(25)23(11-12-23)17-9-7-16(8-10-17)20(29)27-14-5-13-24/h4,6-10,15,25,30H,5,11-12,14H2,1-3H3,(H,27,29). The van der Waals surface area contributed by atoms with Crippen LogP contribution in [-0.2, 0) is 11.0 Å². The van der Waals surface area contributed by atoms with E-state index in [1.165, 1.54) is 0 Å². The van der Waals surface area contributed by atoms with Crippen molar-refractivity contribution in [3.63, 3.8) is 0 Å². The Morgan fingerprint density at radius 1 is 1.33 bits per heavy atom. The lowest BCUT2D eigenvalue weighted by atomic mass is 9.92. The summed E-state index contributed by atoms with van der Waals surface area (Å²) >= 11 is 0. The van der Waals surface area contributed by atoms with E-state index >= 15 is 0 Å². The number of carbonyl (C=O) groups is 1. The highest BCUT2D eigenvalue weighted by Crippen LogP contribution is 2.49. The summed E-state index contributed by atoms with van der Waals surface area (Å²) in [6.45, 7) is 3.74. The van der Waals surface area contributed by atoms with Gasteiger partial charge in [-0.15, -0.1) is 0 Å². The molecule has 30 heavy (non-hydrogen) atoms. The number of nitrogens with one attached hydrogen (secondary N) is 2. The van der Waals surface area contributed by atoms with Crippen molar-refractivity contribution in [2.24, 2.45) is 4.99 Å². The average Bonchev–Trinajstić information content (AvgIpc) is 3.54. The summed E-state index contributed by atoms with van der Waals surface area (Å²) < 4.78 is 1.74. The van der Waals surface area contributed by atoms with Crippen LogP contribution in [0.15, 0.2) is 47.6 Å². The number of hydrogen-bond donors (Lipinski definition) is 3. The topological polar surface area (TPSA) is 114 Å². The molecule has 0 saturated heterocycles. The fraction of sp³-hybridized carbons (Fsp3) is 0.391. The van der Waals surface area contributed by atoms with Gasteiger partial charge in [-0.25, -0.2) is 0 Å². The van der Waals surface area contributed by atoms with Crippen molar-refractivity contribution in [3.8, 4) is 6.07 Å². The van der Waals surface area contributed by atoms with E-state index in [0.29, 0.717) is 29.0 Å². The van der Waals surface area contributed by atoms with Gasteiger partial charge in [-0.3, -0.25) is 19.8 Å². The molecule has 3 rings (SSSR count). The van der Waals surface area contributed by atoms with Gasteiger partial charge in [0.05, 0.1) is 23.5 Å². The van der Waals surface area contributed by atoms with Crippen LogP contribution in [0.5, 0.6) is 0 Å². The Morgan fingerprint density at radius 3 is 2.53 bits per heavy atom. The van der Waals surface area contributed by atoms with E-state index in [2.05, 4.69) is 10.3 Å². The number of rotatable bonds is 6. The predicted molar refractivity (Wildman–Crippen MR) is 114 cm³/mol. The van der Waals surface area contributed by atoms with Gasteiger partial charge in [0.1, 0.15) is 11.3 Å². The summed E-state index contributed by atoms with van der Waals surface area (Å²) in [4.78, 5) is 16.5. The highest BCUT2D eigenvalue weighted by molar-refractivity contribution is 5.96. The van der Waals surface area contributed by atoms with Crippen LogP contribution < -0.4 is 10.8 Å². The van der Waals surface area contributed by atoms with Gasteiger partial charge in [-0.1, -0.05) is 18.2 Å². The van der Waals surface area contributed by atoms with Gasteiger partial charge >= 0.3 is 0 Å². The third-order valence-electron chi connectivity index (χ3n) is 5.50. The molecule has 2 aromatic rings. The Kier molecular flexibility index (Phi) is 5.90. The minimum atomic E-state index is -1.07. The number of benzene rings is 1. The maximum Gasteiger partial charge on any atom is 0.251 e. The van der Waals surface area contributed by atoms with Gasteiger partial charge in [0.2, 0.25) is 0 Å². The van der Waals surface area contributed by atoms with Gasteiger partial charge in [0.15, 0.2) is 0 Å². The van der Waals surface area contributed by atoms with Crippen molar-refractivity contribution in [1.82, 2.24) is 9.88 Å². The first-order chi connectivity index (χ1) is 14.2. The molecule has 0 bridgehead atoms. The lowest BCUT2D eigenvalue weighted by molar-refractivity contribution is 0.0764. The molecule has 1 saturated carbocycles. The maximum absolute atomic E-state index is 12.2. The highest BCUT2D eigenvalue weighted by Gasteiger charge is 2.49. The van der Waals surface area contributed by atoms with Crippen LogP contribution in [0, 0.1) is 16.7 Å². The number of nitriles is 1. The number of aromatic nitrogens is 1. The Morgan fingerprint density at radius 2 is 2.00 bits per heavy atom. The van der Waals surface area contributed by atoms with Crippen LogP contribution in [0.25, 0.3) is 0 Å². The molecule has 1 fully saturated rings.